The van der Waals surface area contributed by atoms with Crippen LogP contribution >= 0.6 is 11.3 Å². The van der Waals surface area contributed by atoms with E-state index >= 15 is 0 Å². The molecule has 1 fully saturated rings. The fourth-order valence-corrected chi connectivity index (χ4v) is 4.77. The molecule has 1 aromatic heterocycles. The molecule has 134 valence electrons. The average molecular weight is 379 g/mol. The first kappa shape index (κ1) is 17.9. The van der Waals surface area contributed by atoms with Crippen molar-refractivity contribution in [3.05, 3.63) is 47.3 Å². The highest BCUT2D eigenvalue weighted by Gasteiger charge is 2.51. The van der Waals surface area contributed by atoms with E-state index in [0.29, 0.717) is 5.69 Å². The Morgan fingerprint density at radius 3 is 2.44 bits per heavy atom. The van der Waals surface area contributed by atoms with E-state index in [-0.39, 0.29) is 16.2 Å². The predicted octanol–water partition coefficient (Wildman–Crippen LogP) is 3.50. The van der Waals surface area contributed by atoms with E-state index in [2.05, 4.69) is 10.0 Å². The first-order valence-electron chi connectivity index (χ1n) is 8.35. The Hall–Kier alpha value is -1.86. The third-order valence-corrected chi connectivity index (χ3v) is 7.40. The number of anilines is 1. The molecule has 0 saturated heterocycles. The zero-order valence-corrected chi connectivity index (χ0v) is 15.9. The second-order valence-corrected chi connectivity index (χ2v) is 9.34. The van der Waals surface area contributed by atoms with Crippen molar-refractivity contribution in [1.82, 2.24) is 5.32 Å². The van der Waals surface area contributed by atoms with E-state index in [0.717, 1.165) is 24.8 Å². The van der Waals surface area contributed by atoms with Crippen LogP contribution in [0.1, 0.15) is 38.7 Å². The summed E-state index contributed by atoms with van der Waals surface area (Å²) in [6.07, 6.45) is 2.55. The lowest BCUT2D eigenvalue weighted by atomic mass is 9.94. The summed E-state index contributed by atoms with van der Waals surface area (Å²) in [4.78, 5) is 12.5. The van der Waals surface area contributed by atoms with Gasteiger partial charge in [0.15, 0.2) is 0 Å². The van der Waals surface area contributed by atoms with Gasteiger partial charge in [-0.15, -0.1) is 11.3 Å². The molecule has 0 aliphatic heterocycles. The van der Waals surface area contributed by atoms with Gasteiger partial charge in [0.05, 0.1) is 5.41 Å². The minimum absolute atomic E-state index is 0.0637. The first-order chi connectivity index (χ1) is 11.9. The van der Waals surface area contributed by atoms with E-state index in [1.54, 1.807) is 29.6 Å². The third-order valence-electron chi connectivity index (χ3n) is 4.62. The molecule has 3 rings (SSSR count). The third kappa shape index (κ3) is 3.72. The SMILES string of the molecule is CC[C@@H](C)NC(=O)C1(c2ccc(NS(=O)(=O)c3cccs3)cc2)CC1. The normalized spacial score (nSPS) is 16.9. The Kier molecular flexibility index (Phi) is 4.88. The van der Waals surface area contributed by atoms with Crippen LogP contribution in [0.5, 0.6) is 0 Å². The van der Waals surface area contributed by atoms with Crippen molar-refractivity contribution in [2.24, 2.45) is 0 Å². The molecule has 1 amide bonds. The number of carbonyl (C=O) groups is 1. The van der Waals surface area contributed by atoms with Crippen molar-refractivity contribution >= 4 is 33.0 Å². The molecule has 7 heteroatoms. The van der Waals surface area contributed by atoms with Gasteiger partial charge in [-0.05, 0) is 55.3 Å². The van der Waals surface area contributed by atoms with Crippen molar-refractivity contribution in [2.75, 3.05) is 4.72 Å². The van der Waals surface area contributed by atoms with Crippen molar-refractivity contribution < 1.29 is 13.2 Å². The quantitative estimate of drug-likeness (QED) is 0.774. The summed E-state index contributed by atoms with van der Waals surface area (Å²) in [5, 5.41) is 4.78. The molecule has 0 unspecified atom stereocenters. The Balaban J connectivity index is 1.74. The van der Waals surface area contributed by atoms with Gasteiger partial charge in [0.25, 0.3) is 10.0 Å². The van der Waals surface area contributed by atoms with Crippen LogP contribution in [0.2, 0.25) is 0 Å². The molecule has 0 bridgehead atoms. The highest BCUT2D eigenvalue weighted by atomic mass is 32.2. The lowest BCUT2D eigenvalue weighted by Gasteiger charge is -2.19. The maximum absolute atomic E-state index is 12.5. The molecular weight excluding hydrogens is 356 g/mol. The summed E-state index contributed by atoms with van der Waals surface area (Å²) in [6, 6.07) is 10.6. The number of amides is 1. The zero-order valence-electron chi connectivity index (χ0n) is 14.3. The van der Waals surface area contributed by atoms with E-state index in [1.807, 2.05) is 26.0 Å². The molecule has 1 saturated carbocycles. The lowest BCUT2D eigenvalue weighted by molar-refractivity contribution is -0.124. The number of sulfonamides is 1. The minimum atomic E-state index is -3.55. The smallest absolute Gasteiger partial charge is 0.271 e. The summed E-state index contributed by atoms with van der Waals surface area (Å²) < 4.78 is 27.4. The molecule has 1 aromatic carbocycles. The molecule has 1 aliphatic carbocycles. The van der Waals surface area contributed by atoms with Crippen molar-refractivity contribution in [3.63, 3.8) is 0 Å². The van der Waals surface area contributed by atoms with E-state index in [1.165, 1.54) is 11.3 Å². The zero-order chi connectivity index (χ0) is 18.1. The second-order valence-electron chi connectivity index (χ2n) is 6.48. The number of thiophene rings is 1. The maximum atomic E-state index is 12.5. The number of hydrogen-bond acceptors (Lipinski definition) is 4. The Bertz CT molecular complexity index is 839. The summed E-state index contributed by atoms with van der Waals surface area (Å²) >= 11 is 1.17. The topological polar surface area (TPSA) is 75.3 Å². The molecule has 2 aromatic rings. The molecule has 5 nitrogen and oxygen atoms in total. The first-order valence-corrected chi connectivity index (χ1v) is 10.7. The molecule has 1 aliphatic rings. The van der Waals surface area contributed by atoms with Gasteiger partial charge in [-0.1, -0.05) is 25.1 Å². The largest absolute Gasteiger partial charge is 0.353 e. The predicted molar refractivity (Wildman–Crippen MR) is 100 cm³/mol. The minimum Gasteiger partial charge on any atom is -0.353 e. The monoisotopic (exact) mass is 378 g/mol. The molecule has 0 spiro atoms. The molecule has 1 atom stereocenters. The van der Waals surface area contributed by atoms with E-state index in [4.69, 9.17) is 0 Å². The van der Waals surface area contributed by atoms with Gasteiger partial charge in [-0.25, -0.2) is 8.42 Å². The van der Waals surface area contributed by atoms with Crippen LogP contribution in [0.3, 0.4) is 0 Å². The summed E-state index contributed by atoms with van der Waals surface area (Å²) in [5.41, 5.74) is 0.983. The fourth-order valence-electron chi connectivity index (χ4n) is 2.71. The van der Waals surface area contributed by atoms with E-state index < -0.39 is 15.4 Å². The lowest BCUT2D eigenvalue weighted by Crippen LogP contribution is -2.39. The molecule has 25 heavy (non-hydrogen) atoms. The van der Waals surface area contributed by atoms with Crippen LogP contribution in [-0.2, 0) is 20.2 Å². The highest BCUT2D eigenvalue weighted by molar-refractivity contribution is 7.94. The van der Waals surface area contributed by atoms with Crippen LogP contribution in [0.15, 0.2) is 46.0 Å². The van der Waals surface area contributed by atoms with Gasteiger partial charge in [-0.3, -0.25) is 9.52 Å². The van der Waals surface area contributed by atoms with Gasteiger partial charge >= 0.3 is 0 Å². The molecule has 0 radical (unpaired) electrons. The highest BCUT2D eigenvalue weighted by Crippen LogP contribution is 2.48. The number of hydrogen-bond donors (Lipinski definition) is 2. The summed E-state index contributed by atoms with van der Waals surface area (Å²) in [7, 11) is -3.55. The Morgan fingerprint density at radius 1 is 1.24 bits per heavy atom. The number of carbonyl (C=O) groups excluding carboxylic acids is 1. The fraction of sp³-hybridized carbons (Fsp3) is 0.389. The van der Waals surface area contributed by atoms with Crippen LogP contribution in [0.25, 0.3) is 0 Å². The molecule has 2 N–H and O–H groups in total. The number of nitrogens with one attached hydrogen (secondary N) is 2. The van der Waals surface area contributed by atoms with Crippen molar-refractivity contribution in [2.45, 2.75) is 48.8 Å². The van der Waals surface area contributed by atoms with Crippen LogP contribution in [0, 0.1) is 0 Å². The van der Waals surface area contributed by atoms with E-state index in [9.17, 15) is 13.2 Å². The summed E-state index contributed by atoms with van der Waals surface area (Å²) in [5.74, 6) is 0.0637. The Labute approximate surface area is 152 Å². The van der Waals surface area contributed by atoms with Gasteiger partial charge in [0, 0.05) is 11.7 Å². The number of benzene rings is 1. The standard InChI is InChI=1S/C18H22N2O3S2/c1-3-13(2)19-17(21)18(10-11-18)14-6-8-15(9-7-14)20-25(22,23)16-5-4-12-24-16/h4-9,12-13,20H,3,10-11H2,1-2H3,(H,19,21)/t13-/m1/s1. The van der Waals surface area contributed by atoms with Gasteiger partial charge < -0.3 is 5.32 Å². The second kappa shape index (κ2) is 6.80. The van der Waals surface area contributed by atoms with Crippen LogP contribution < -0.4 is 10.0 Å². The van der Waals surface area contributed by atoms with Gasteiger partial charge in [0.2, 0.25) is 5.91 Å². The van der Waals surface area contributed by atoms with Crippen LogP contribution in [0.4, 0.5) is 5.69 Å². The van der Waals surface area contributed by atoms with Gasteiger partial charge in [-0.2, -0.15) is 0 Å². The Morgan fingerprint density at radius 2 is 1.92 bits per heavy atom. The van der Waals surface area contributed by atoms with Crippen molar-refractivity contribution in [1.29, 1.82) is 0 Å². The average Bonchev–Trinajstić information content (AvgIpc) is 3.20. The number of rotatable bonds is 7. The van der Waals surface area contributed by atoms with Crippen molar-refractivity contribution in [3.8, 4) is 0 Å². The van der Waals surface area contributed by atoms with Crippen LogP contribution in [-0.4, -0.2) is 20.4 Å². The molecular formula is C18H22N2O3S2. The maximum Gasteiger partial charge on any atom is 0.271 e. The molecule has 1 heterocycles. The van der Waals surface area contributed by atoms with Gasteiger partial charge in [0.1, 0.15) is 4.21 Å². The summed E-state index contributed by atoms with van der Waals surface area (Å²) in [6.45, 7) is 4.04.